The second-order valence-corrected chi connectivity index (χ2v) is 4.60. The maximum absolute atomic E-state index is 8.62. The van der Waals surface area contributed by atoms with Crippen molar-refractivity contribution in [2.45, 2.75) is 20.4 Å². The SMILES string of the molecule is Cc1cc(CNCC(C)C#N)ccc1Br. The fourth-order valence-electron chi connectivity index (χ4n) is 1.30. The minimum atomic E-state index is 0.0709. The molecule has 3 heteroatoms. The Balaban J connectivity index is 2.45. The molecule has 80 valence electrons. The van der Waals surface area contributed by atoms with Crippen LogP contribution in [-0.4, -0.2) is 6.54 Å². The van der Waals surface area contributed by atoms with E-state index < -0.39 is 0 Å². The van der Waals surface area contributed by atoms with Crippen molar-refractivity contribution in [1.82, 2.24) is 5.32 Å². The van der Waals surface area contributed by atoms with Crippen molar-refractivity contribution in [3.8, 4) is 6.07 Å². The zero-order valence-corrected chi connectivity index (χ0v) is 10.6. The predicted molar refractivity (Wildman–Crippen MR) is 65.4 cm³/mol. The molecule has 0 aliphatic heterocycles. The first kappa shape index (κ1) is 12.2. The third-order valence-electron chi connectivity index (χ3n) is 2.22. The Kier molecular flexibility index (Phi) is 4.80. The van der Waals surface area contributed by atoms with Gasteiger partial charge in [-0.05, 0) is 31.0 Å². The summed E-state index contributed by atoms with van der Waals surface area (Å²) in [7, 11) is 0. The summed E-state index contributed by atoms with van der Waals surface area (Å²) in [4.78, 5) is 0. The van der Waals surface area contributed by atoms with Crippen molar-refractivity contribution in [2.75, 3.05) is 6.54 Å². The van der Waals surface area contributed by atoms with Gasteiger partial charge in [-0.2, -0.15) is 5.26 Å². The molecular weight excluding hydrogens is 252 g/mol. The highest BCUT2D eigenvalue weighted by Gasteiger charge is 2.00. The highest BCUT2D eigenvalue weighted by molar-refractivity contribution is 9.10. The molecule has 15 heavy (non-hydrogen) atoms. The van der Waals surface area contributed by atoms with Gasteiger partial charge in [0.1, 0.15) is 0 Å². The van der Waals surface area contributed by atoms with Crippen LogP contribution in [-0.2, 0) is 6.54 Å². The summed E-state index contributed by atoms with van der Waals surface area (Å²) in [5, 5.41) is 11.9. The lowest BCUT2D eigenvalue weighted by molar-refractivity contribution is 0.601. The molecule has 0 aliphatic carbocycles. The van der Waals surface area contributed by atoms with Gasteiger partial charge in [-0.15, -0.1) is 0 Å². The number of hydrogen-bond acceptors (Lipinski definition) is 2. The van der Waals surface area contributed by atoms with Gasteiger partial charge in [-0.3, -0.25) is 0 Å². The second-order valence-electron chi connectivity index (χ2n) is 3.74. The van der Waals surface area contributed by atoms with Gasteiger partial charge >= 0.3 is 0 Å². The maximum Gasteiger partial charge on any atom is 0.0666 e. The Morgan fingerprint density at radius 2 is 2.27 bits per heavy atom. The van der Waals surface area contributed by atoms with Gasteiger partial charge in [-0.1, -0.05) is 28.1 Å². The Hall–Kier alpha value is -0.850. The van der Waals surface area contributed by atoms with E-state index in [4.69, 9.17) is 5.26 Å². The molecule has 0 aliphatic rings. The van der Waals surface area contributed by atoms with Crippen LogP contribution in [0, 0.1) is 24.2 Å². The minimum Gasteiger partial charge on any atom is -0.311 e. The summed E-state index contributed by atoms with van der Waals surface area (Å²) < 4.78 is 1.14. The molecule has 0 spiro atoms. The summed E-state index contributed by atoms with van der Waals surface area (Å²) in [6.07, 6.45) is 0. The number of nitrogens with one attached hydrogen (secondary N) is 1. The molecule has 1 N–H and O–H groups in total. The Bertz CT molecular complexity index is 368. The van der Waals surface area contributed by atoms with E-state index in [1.807, 2.05) is 6.92 Å². The lowest BCUT2D eigenvalue weighted by atomic mass is 10.1. The molecule has 0 bridgehead atoms. The molecule has 2 nitrogen and oxygen atoms in total. The third-order valence-corrected chi connectivity index (χ3v) is 3.11. The molecule has 1 aromatic carbocycles. The first-order valence-electron chi connectivity index (χ1n) is 4.99. The third kappa shape index (κ3) is 4.03. The van der Waals surface area contributed by atoms with E-state index >= 15 is 0 Å². The molecule has 0 saturated heterocycles. The zero-order valence-electron chi connectivity index (χ0n) is 9.05. The number of rotatable bonds is 4. The summed E-state index contributed by atoms with van der Waals surface area (Å²) >= 11 is 3.47. The number of aryl methyl sites for hydroxylation is 1. The van der Waals surface area contributed by atoms with E-state index in [9.17, 15) is 0 Å². The van der Waals surface area contributed by atoms with Gasteiger partial charge in [0, 0.05) is 17.6 Å². The summed E-state index contributed by atoms with van der Waals surface area (Å²) in [6.45, 7) is 5.55. The van der Waals surface area contributed by atoms with Gasteiger partial charge in [0.05, 0.1) is 12.0 Å². The topological polar surface area (TPSA) is 35.8 Å². The van der Waals surface area contributed by atoms with Crippen molar-refractivity contribution >= 4 is 15.9 Å². The fourth-order valence-corrected chi connectivity index (χ4v) is 1.54. The first-order chi connectivity index (χ1) is 7.13. The van der Waals surface area contributed by atoms with Crippen molar-refractivity contribution in [3.63, 3.8) is 0 Å². The monoisotopic (exact) mass is 266 g/mol. The molecule has 0 amide bonds. The molecule has 0 radical (unpaired) electrons. The van der Waals surface area contributed by atoms with E-state index in [0.29, 0.717) is 0 Å². The van der Waals surface area contributed by atoms with E-state index in [-0.39, 0.29) is 5.92 Å². The normalized spacial score (nSPS) is 12.1. The number of halogens is 1. The summed E-state index contributed by atoms with van der Waals surface area (Å²) in [6, 6.07) is 8.49. The molecule has 0 saturated carbocycles. The zero-order chi connectivity index (χ0) is 11.3. The quantitative estimate of drug-likeness (QED) is 0.910. The van der Waals surface area contributed by atoms with Gasteiger partial charge in [0.15, 0.2) is 0 Å². The van der Waals surface area contributed by atoms with Gasteiger partial charge in [0.2, 0.25) is 0 Å². The van der Waals surface area contributed by atoms with E-state index in [1.165, 1.54) is 11.1 Å². The number of nitriles is 1. The molecule has 1 rings (SSSR count). The van der Waals surface area contributed by atoms with Crippen LogP contribution in [0.3, 0.4) is 0 Å². The van der Waals surface area contributed by atoms with Crippen LogP contribution in [0.2, 0.25) is 0 Å². The molecule has 0 heterocycles. The van der Waals surface area contributed by atoms with Crippen LogP contribution in [0.1, 0.15) is 18.1 Å². The van der Waals surface area contributed by atoms with Crippen LogP contribution in [0.5, 0.6) is 0 Å². The van der Waals surface area contributed by atoms with Crippen LogP contribution in [0.15, 0.2) is 22.7 Å². The van der Waals surface area contributed by atoms with Crippen LogP contribution in [0.25, 0.3) is 0 Å². The van der Waals surface area contributed by atoms with Crippen molar-refractivity contribution < 1.29 is 0 Å². The Morgan fingerprint density at radius 3 is 2.87 bits per heavy atom. The Labute approximate surface area is 99.4 Å². The molecule has 1 aromatic rings. The minimum absolute atomic E-state index is 0.0709. The first-order valence-corrected chi connectivity index (χ1v) is 5.78. The number of hydrogen-bond donors (Lipinski definition) is 1. The van der Waals surface area contributed by atoms with E-state index in [1.54, 1.807) is 0 Å². The molecule has 1 atom stereocenters. The lowest BCUT2D eigenvalue weighted by Gasteiger charge is -2.07. The van der Waals surface area contributed by atoms with Gasteiger partial charge in [-0.25, -0.2) is 0 Å². The number of benzene rings is 1. The largest absolute Gasteiger partial charge is 0.311 e. The summed E-state index contributed by atoms with van der Waals surface area (Å²) in [5.74, 6) is 0.0709. The standard InChI is InChI=1S/C12H15BrN2/c1-9(6-14)7-15-8-11-3-4-12(13)10(2)5-11/h3-5,9,15H,7-8H2,1-2H3. The van der Waals surface area contributed by atoms with Crippen LogP contribution < -0.4 is 5.32 Å². The fraction of sp³-hybridized carbons (Fsp3) is 0.417. The van der Waals surface area contributed by atoms with Crippen LogP contribution >= 0.6 is 15.9 Å². The molecule has 1 unspecified atom stereocenters. The van der Waals surface area contributed by atoms with Crippen molar-refractivity contribution in [2.24, 2.45) is 5.92 Å². The Morgan fingerprint density at radius 1 is 1.53 bits per heavy atom. The second kappa shape index (κ2) is 5.89. The average Bonchev–Trinajstić information content (AvgIpc) is 2.23. The smallest absolute Gasteiger partial charge is 0.0666 e. The molecule has 0 fully saturated rings. The highest BCUT2D eigenvalue weighted by Crippen LogP contribution is 2.16. The molecule has 0 aromatic heterocycles. The lowest BCUT2D eigenvalue weighted by Crippen LogP contribution is -2.19. The predicted octanol–water partition coefficient (Wildman–Crippen LogP) is 3.01. The molecular formula is C12H15BrN2. The average molecular weight is 267 g/mol. The van der Waals surface area contributed by atoms with Crippen LogP contribution in [0.4, 0.5) is 0 Å². The van der Waals surface area contributed by atoms with E-state index in [0.717, 1.165) is 17.6 Å². The van der Waals surface area contributed by atoms with Crippen molar-refractivity contribution in [1.29, 1.82) is 5.26 Å². The van der Waals surface area contributed by atoms with E-state index in [2.05, 4.69) is 52.4 Å². The number of nitrogens with zero attached hydrogens (tertiary/aromatic N) is 1. The maximum atomic E-state index is 8.62. The highest BCUT2D eigenvalue weighted by atomic mass is 79.9. The van der Waals surface area contributed by atoms with Gasteiger partial charge in [0.25, 0.3) is 0 Å². The van der Waals surface area contributed by atoms with Gasteiger partial charge < -0.3 is 5.32 Å². The van der Waals surface area contributed by atoms with Crippen molar-refractivity contribution in [3.05, 3.63) is 33.8 Å². The summed E-state index contributed by atoms with van der Waals surface area (Å²) in [5.41, 5.74) is 2.49.